The van der Waals surface area contributed by atoms with Gasteiger partial charge in [-0.1, -0.05) is 12.1 Å². The van der Waals surface area contributed by atoms with E-state index in [0.717, 1.165) is 38.0 Å². The molecule has 3 saturated heterocycles. The van der Waals surface area contributed by atoms with Crippen LogP contribution in [0.3, 0.4) is 0 Å². The SMILES string of the molecule is CNC(=O)c1cccc(-c2ccc(C(=O)NC3CN4CCC3CC4)o2)c1. The maximum Gasteiger partial charge on any atom is 0.287 e. The van der Waals surface area contributed by atoms with Gasteiger partial charge in [0.05, 0.1) is 0 Å². The molecular weight excluding hydrogens is 330 g/mol. The number of amides is 2. The predicted molar refractivity (Wildman–Crippen MR) is 98.0 cm³/mol. The second kappa shape index (κ2) is 6.96. The highest BCUT2D eigenvalue weighted by Gasteiger charge is 2.35. The van der Waals surface area contributed by atoms with Crippen molar-refractivity contribution in [2.75, 3.05) is 26.7 Å². The number of fused-ring (bicyclic) bond motifs is 3. The summed E-state index contributed by atoms with van der Waals surface area (Å²) < 4.78 is 5.76. The number of furan rings is 1. The molecule has 2 aromatic rings. The fraction of sp³-hybridized carbons (Fsp3) is 0.400. The zero-order valence-corrected chi connectivity index (χ0v) is 14.8. The quantitative estimate of drug-likeness (QED) is 0.883. The van der Waals surface area contributed by atoms with Crippen molar-refractivity contribution in [1.82, 2.24) is 15.5 Å². The molecule has 136 valence electrons. The Morgan fingerprint density at radius 2 is 1.92 bits per heavy atom. The Labute approximate surface area is 152 Å². The van der Waals surface area contributed by atoms with Crippen LogP contribution < -0.4 is 10.6 Å². The Hall–Kier alpha value is -2.60. The van der Waals surface area contributed by atoms with Crippen LogP contribution in [0.5, 0.6) is 0 Å². The van der Waals surface area contributed by atoms with Gasteiger partial charge in [-0.15, -0.1) is 0 Å². The van der Waals surface area contributed by atoms with Gasteiger partial charge in [0.2, 0.25) is 0 Å². The van der Waals surface area contributed by atoms with Crippen molar-refractivity contribution in [3.05, 3.63) is 47.7 Å². The topological polar surface area (TPSA) is 74.6 Å². The fourth-order valence-corrected chi connectivity index (χ4v) is 3.94. The van der Waals surface area contributed by atoms with Crippen LogP contribution in [0.15, 0.2) is 40.8 Å². The van der Waals surface area contributed by atoms with Crippen LogP contribution in [0.25, 0.3) is 11.3 Å². The third-order valence-electron chi connectivity index (χ3n) is 5.44. The number of carbonyl (C=O) groups is 2. The van der Waals surface area contributed by atoms with E-state index in [1.54, 1.807) is 37.4 Å². The van der Waals surface area contributed by atoms with E-state index >= 15 is 0 Å². The molecule has 0 aliphatic carbocycles. The van der Waals surface area contributed by atoms with Crippen LogP contribution in [0, 0.1) is 5.92 Å². The average Bonchev–Trinajstić information content (AvgIpc) is 3.19. The van der Waals surface area contributed by atoms with Crippen LogP contribution >= 0.6 is 0 Å². The van der Waals surface area contributed by atoms with E-state index in [0.29, 0.717) is 23.0 Å². The molecule has 0 saturated carbocycles. The smallest absolute Gasteiger partial charge is 0.287 e. The summed E-state index contributed by atoms with van der Waals surface area (Å²) in [6, 6.07) is 10.8. The van der Waals surface area contributed by atoms with E-state index < -0.39 is 0 Å². The van der Waals surface area contributed by atoms with Gasteiger partial charge in [-0.2, -0.15) is 0 Å². The number of nitrogens with one attached hydrogen (secondary N) is 2. The van der Waals surface area contributed by atoms with Crippen LogP contribution in [0.2, 0.25) is 0 Å². The summed E-state index contributed by atoms with van der Waals surface area (Å²) in [7, 11) is 1.60. The van der Waals surface area contributed by atoms with Gasteiger partial charge >= 0.3 is 0 Å². The third kappa shape index (κ3) is 3.24. The zero-order valence-electron chi connectivity index (χ0n) is 14.8. The van der Waals surface area contributed by atoms with Gasteiger partial charge in [0.25, 0.3) is 11.8 Å². The lowest BCUT2D eigenvalue weighted by Gasteiger charge is -2.44. The Morgan fingerprint density at radius 1 is 1.12 bits per heavy atom. The fourth-order valence-electron chi connectivity index (χ4n) is 3.94. The summed E-state index contributed by atoms with van der Waals surface area (Å²) in [5.74, 6) is 1.13. The molecule has 1 atom stereocenters. The molecular formula is C20H23N3O3. The molecule has 6 nitrogen and oxygen atoms in total. The molecule has 4 heterocycles. The Morgan fingerprint density at radius 3 is 2.62 bits per heavy atom. The van der Waals surface area contributed by atoms with Crippen LogP contribution in [0.4, 0.5) is 0 Å². The largest absolute Gasteiger partial charge is 0.451 e. The molecule has 6 heteroatoms. The van der Waals surface area contributed by atoms with E-state index in [2.05, 4.69) is 15.5 Å². The molecule has 0 radical (unpaired) electrons. The van der Waals surface area contributed by atoms with Crippen molar-refractivity contribution in [3.63, 3.8) is 0 Å². The highest BCUT2D eigenvalue weighted by molar-refractivity contribution is 5.95. The van der Waals surface area contributed by atoms with Crippen molar-refractivity contribution in [2.45, 2.75) is 18.9 Å². The monoisotopic (exact) mass is 353 g/mol. The van der Waals surface area contributed by atoms with Crippen molar-refractivity contribution < 1.29 is 14.0 Å². The first-order valence-corrected chi connectivity index (χ1v) is 9.09. The van der Waals surface area contributed by atoms with E-state index in [1.807, 2.05) is 6.07 Å². The van der Waals surface area contributed by atoms with Crippen molar-refractivity contribution >= 4 is 11.8 Å². The van der Waals surface area contributed by atoms with Gasteiger partial charge in [-0.3, -0.25) is 9.59 Å². The van der Waals surface area contributed by atoms with Gasteiger partial charge in [0.1, 0.15) is 5.76 Å². The lowest BCUT2D eigenvalue weighted by Crippen LogP contribution is -2.57. The van der Waals surface area contributed by atoms with E-state index in [1.165, 1.54) is 0 Å². The second-order valence-corrected chi connectivity index (χ2v) is 7.04. The number of hydrogen-bond acceptors (Lipinski definition) is 4. The molecule has 2 N–H and O–H groups in total. The van der Waals surface area contributed by atoms with Crippen molar-refractivity contribution in [3.8, 4) is 11.3 Å². The first-order valence-electron chi connectivity index (χ1n) is 9.09. The van der Waals surface area contributed by atoms with Gasteiger partial charge in [0.15, 0.2) is 5.76 Å². The summed E-state index contributed by atoms with van der Waals surface area (Å²) in [6.45, 7) is 3.21. The molecule has 2 amide bonds. The Kier molecular flexibility index (Phi) is 4.51. The number of rotatable bonds is 4. The minimum Gasteiger partial charge on any atom is -0.451 e. The van der Waals surface area contributed by atoms with Crippen molar-refractivity contribution in [2.24, 2.45) is 5.92 Å². The number of hydrogen-bond donors (Lipinski definition) is 2. The van der Waals surface area contributed by atoms with E-state index in [4.69, 9.17) is 4.42 Å². The third-order valence-corrected chi connectivity index (χ3v) is 5.44. The van der Waals surface area contributed by atoms with Crippen LogP contribution in [-0.4, -0.2) is 49.4 Å². The number of nitrogens with zero attached hydrogens (tertiary/aromatic N) is 1. The van der Waals surface area contributed by atoms with Gasteiger partial charge in [-0.25, -0.2) is 0 Å². The van der Waals surface area contributed by atoms with Gasteiger partial charge in [-0.05, 0) is 56.1 Å². The molecule has 1 aromatic heterocycles. The first kappa shape index (κ1) is 16.8. The summed E-state index contributed by atoms with van der Waals surface area (Å²) in [5.41, 5.74) is 1.33. The lowest BCUT2D eigenvalue weighted by molar-refractivity contribution is 0.0606. The maximum atomic E-state index is 12.6. The summed E-state index contributed by atoms with van der Waals surface area (Å²) >= 11 is 0. The normalized spacial score (nSPS) is 24.3. The molecule has 5 rings (SSSR count). The molecule has 3 fully saturated rings. The zero-order chi connectivity index (χ0) is 18.1. The Bertz CT molecular complexity index is 821. The van der Waals surface area contributed by atoms with Crippen LogP contribution in [-0.2, 0) is 0 Å². The van der Waals surface area contributed by atoms with Gasteiger partial charge in [0, 0.05) is 30.8 Å². The summed E-state index contributed by atoms with van der Waals surface area (Å²) in [5, 5.41) is 5.74. The second-order valence-electron chi connectivity index (χ2n) is 7.04. The maximum absolute atomic E-state index is 12.6. The minimum absolute atomic E-state index is 0.154. The number of benzene rings is 1. The highest BCUT2D eigenvalue weighted by atomic mass is 16.3. The first-order chi connectivity index (χ1) is 12.6. The summed E-state index contributed by atoms with van der Waals surface area (Å²) in [6.07, 6.45) is 2.31. The lowest BCUT2D eigenvalue weighted by atomic mass is 9.84. The van der Waals surface area contributed by atoms with E-state index in [-0.39, 0.29) is 17.9 Å². The predicted octanol–water partition coefficient (Wildman–Crippen LogP) is 2.13. The number of piperidine rings is 3. The van der Waals surface area contributed by atoms with Crippen LogP contribution in [0.1, 0.15) is 33.8 Å². The van der Waals surface area contributed by atoms with Crippen molar-refractivity contribution in [1.29, 1.82) is 0 Å². The molecule has 26 heavy (non-hydrogen) atoms. The molecule has 0 spiro atoms. The summed E-state index contributed by atoms with van der Waals surface area (Å²) in [4.78, 5) is 26.8. The average molecular weight is 353 g/mol. The van der Waals surface area contributed by atoms with Gasteiger partial charge < -0.3 is 20.0 Å². The molecule has 1 unspecified atom stereocenters. The number of carbonyl (C=O) groups excluding carboxylic acids is 2. The molecule has 3 aliphatic heterocycles. The molecule has 2 bridgehead atoms. The highest BCUT2D eigenvalue weighted by Crippen LogP contribution is 2.28. The van der Waals surface area contributed by atoms with E-state index in [9.17, 15) is 9.59 Å². The molecule has 1 aromatic carbocycles. The standard InChI is InChI=1S/C20H23N3O3/c1-21-19(24)15-4-2-3-14(11-15)17-5-6-18(26-17)20(25)22-16-12-23-9-7-13(16)8-10-23/h2-6,11,13,16H,7-10,12H2,1H3,(H,21,24)(H,22,25). The minimum atomic E-state index is -0.169. The Balaban J connectivity index is 1.47. The molecule has 3 aliphatic rings.